The van der Waals surface area contributed by atoms with Crippen molar-refractivity contribution < 1.29 is 19.1 Å². The van der Waals surface area contributed by atoms with E-state index in [0.29, 0.717) is 24.3 Å². The van der Waals surface area contributed by atoms with E-state index in [4.69, 9.17) is 4.74 Å². The molecule has 0 bridgehead atoms. The summed E-state index contributed by atoms with van der Waals surface area (Å²) in [6, 6.07) is 13.1. The smallest absolute Gasteiger partial charge is 0.255 e. The van der Waals surface area contributed by atoms with Gasteiger partial charge >= 0.3 is 0 Å². The zero-order valence-electron chi connectivity index (χ0n) is 19.5. The number of carbonyl (C=O) groups excluding carboxylic acids is 3. The predicted molar refractivity (Wildman–Crippen MR) is 129 cm³/mol. The number of rotatable bonds is 6. The number of hydrogen-bond acceptors (Lipinski definition) is 7. The first-order valence-electron chi connectivity index (χ1n) is 12.0. The van der Waals surface area contributed by atoms with E-state index < -0.39 is 11.9 Å². The van der Waals surface area contributed by atoms with Crippen molar-refractivity contribution in [2.75, 3.05) is 13.1 Å². The lowest BCUT2D eigenvalue weighted by molar-refractivity contribution is -0.136. The van der Waals surface area contributed by atoms with Gasteiger partial charge in [0, 0.05) is 56.4 Å². The summed E-state index contributed by atoms with van der Waals surface area (Å²) in [4.78, 5) is 48.9. The number of hydrogen-bond donors (Lipinski definition) is 1. The number of pyridine rings is 2. The van der Waals surface area contributed by atoms with Gasteiger partial charge in [-0.2, -0.15) is 0 Å². The van der Waals surface area contributed by atoms with Crippen LogP contribution in [0.4, 0.5) is 0 Å². The minimum atomic E-state index is -0.620. The molecule has 9 heteroatoms. The molecule has 0 aliphatic carbocycles. The topological polar surface area (TPSA) is 105 Å². The fourth-order valence-corrected chi connectivity index (χ4v) is 5.28. The van der Waals surface area contributed by atoms with Gasteiger partial charge in [0.1, 0.15) is 17.9 Å². The molecule has 3 aliphatic heterocycles. The lowest BCUT2D eigenvalue weighted by Crippen LogP contribution is -2.55. The summed E-state index contributed by atoms with van der Waals surface area (Å²) in [5, 5.41) is 2.33. The number of piperidine rings is 1. The van der Waals surface area contributed by atoms with Crippen molar-refractivity contribution in [3.8, 4) is 5.75 Å². The normalized spacial score (nSPS) is 20.3. The summed E-state index contributed by atoms with van der Waals surface area (Å²) >= 11 is 0. The number of carbonyl (C=O) groups is 3. The average molecular weight is 484 g/mol. The Bertz CT molecular complexity index is 1270. The molecule has 2 fully saturated rings. The van der Waals surface area contributed by atoms with Gasteiger partial charge in [-0.1, -0.05) is 0 Å². The number of imide groups is 1. The second-order valence-electron chi connectivity index (χ2n) is 9.38. The Hall–Kier alpha value is -4.11. The Labute approximate surface area is 208 Å². The molecule has 3 aromatic rings. The second-order valence-corrected chi connectivity index (χ2v) is 9.38. The Morgan fingerprint density at radius 3 is 2.22 bits per heavy atom. The van der Waals surface area contributed by atoms with E-state index in [0.717, 1.165) is 18.7 Å². The molecule has 36 heavy (non-hydrogen) atoms. The van der Waals surface area contributed by atoms with Gasteiger partial charge < -0.3 is 9.64 Å². The van der Waals surface area contributed by atoms with Crippen LogP contribution in [-0.4, -0.2) is 62.7 Å². The monoisotopic (exact) mass is 483 g/mol. The first-order valence-corrected chi connectivity index (χ1v) is 12.0. The van der Waals surface area contributed by atoms with Crippen LogP contribution >= 0.6 is 0 Å². The minimum absolute atomic E-state index is 0.0255. The lowest BCUT2D eigenvalue weighted by Gasteiger charge is -2.44. The van der Waals surface area contributed by atoms with Crippen LogP contribution in [0.2, 0.25) is 0 Å². The van der Waals surface area contributed by atoms with Crippen LogP contribution in [0, 0.1) is 0 Å². The Morgan fingerprint density at radius 2 is 1.58 bits per heavy atom. The predicted octanol–water partition coefficient (Wildman–Crippen LogP) is 2.09. The van der Waals surface area contributed by atoms with Crippen LogP contribution in [0.25, 0.3) is 0 Å². The molecule has 5 heterocycles. The van der Waals surface area contributed by atoms with Crippen LogP contribution in [0.15, 0.2) is 67.3 Å². The Morgan fingerprint density at radius 1 is 0.917 bits per heavy atom. The van der Waals surface area contributed by atoms with E-state index in [2.05, 4.69) is 20.2 Å². The zero-order valence-corrected chi connectivity index (χ0v) is 19.5. The molecule has 3 amide bonds. The molecule has 2 aromatic heterocycles. The van der Waals surface area contributed by atoms with Crippen molar-refractivity contribution in [3.63, 3.8) is 0 Å². The highest BCUT2D eigenvalue weighted by atomic mass is 16.5. The molecule has 182 valence electrons. The van der Waals surface area contributed by atoms with Gasteiger partial charge in [-0.3, -0.25) is 34.6 Å². The fourth-order valence-electron chi connectivity index (χ4n) is 5.28. The van der Waals surface area contributed by atoms with Crippen molar-refractivity contribution in [2.24, 2.45) is 0 Å². The maximum atomic E-state index is 12.9. The third-order valence-corrected chi connectivity index (χ3v) is 7.08. The molecule has 0 radical (unpaired) electrons. The summed E-state index contributed by atoms with van der Waals surface area (Å²) < 4.78 is 6.26. The quantitative estimate of drug-likeness (QED) is 0.536. The van der Waals surface area contributed by atoms with Crippen molar-refractivity contribution in [2.45, 2.75) is 37.6 Å². The highest BCUT2D eigenvalue weighted by molar-refractivity contribution is 6.05. The summed E-state index contributed by atoms with van der Waals surface area (Å²) in [5.74, 6) is -0.170. The van der Waals surface area contributed by atoms with E-state index in [-0.39, 0.29) is 30.4 Å². The second kappa shape index (κ2) is 9.16. The molecule has 1 aromatic carbocycles. The van der Waals surface area contributed by atoms with Crippen LogP contribution < -0.4 is 10.1 Å². The third kappa shape index (κ3) is 4.11. The van der Waals surface area contributed by atoms with Gasteiger partial charge in [0.05, 0.1) is 6.04 Å². The average Bonchev–Trinajstić information content (AvgIpc) is 3.19. The Kier molecular flexibility index (Phi) is 5.69. The maximum Gasteiger partial charge on any atom is 0.255 e. The number of ether oxygens (including phenoxy) is 1. The molecular formula is C27H25N5O4. The van der Waals surface area contributed by atoms with Gasteiger partial charge in [0.25, 0.3) is 5.91 Å². The van der Waals surface area contributed by atoms with Crippen molar-refractivity contribution in [3.05, 3.63) is 89.5 Å². The highest BCUT2D eigenvalue weighted by Gasteiger charge is 2.40. The van der Waals surface area contributed by atoms with Gasteiger partial charge in [-0.15, -0.1) is 0 Å². The van der Waals surface area contributed by atoms with Crippen molar-refractivity contribution in [1.82, 2.24) is 25.1 Å². The molecule has 0 spiro atoms. The molecule has 3 aliphatic rings. The van der Waals surface area contributed by atoms with Crippen molar-refractivity contribution >= 4 is 17.7 Å². The molecule has 1 atom stereocenters. The number of benzene rings is 1. The van der Waals surface area contributed by atoms with E-state index in [1.807, 2.05) is 36.4 Å². The van der Waals surface area contributed by atoms with Gasteiger partial charge in [-0.25, -0.2) is 0 Å². The molecule has 2 saturated heterocycles. The zero-order chi connectivity index (χ0) is 24.6. The van der Waals surface area contributed by atoms with E-state index in [1.165, 1.54) is 11.1 Å². The first kappa shape index (κ1) is 22.4. The maximum absolute atomic E-state index is 12.9. The van der Waals surface area contributed by atoms with Crippen LogP contribution in [0.1, 0.15) is 45.9 Å². The van der Waals surface area contributed by atoms with Crippen LogP contribution in [0.3, 0.4) is 0 Å². The number of fused-ring (bicyclic) bond motifs is 1. The number of amides is 3. The van der Waals surface area contributed by atoms with E-state index in [9.17, 15) is 14.4 Å². The van der Waals surface area contributed by atoms with Crippen molar-refractivity contribution in [1.29, 1.82) is 0 Å². The summed E-state index contributed by atoms with van der Waals surface area (Å²) in [6.45, 7) is 1.85. The molecule has 1 N–H and O–H groups in total. The van der Waals surface area contributed by atoms with E-state index in [1.54, 1.807) is 35.8 Å². The lowest BCUT2D eigenvalue weighted by atomic mass is 9.95. The summed E-state index contributed by atoms with van der Waals surface area (Å²) in [7, 11) is 0. The minimum Gasteiger partial charge on any atom is -0.488 e. The Balaban J connectivity index is 1.12. The molecule has 0 saturated carbocycles. The standard InChI is InChI=1S/C27H25N5O4/c33-24-4-3-23(26(34)30-24)32-14-19-13-20(1-2-22(19)27(32)35)36-21-15-31(16-21)25(17-5-9-28-10-6-17)18-7-11-29-12-8-18/h1-2,5-13,21,23,25H,3-4,14-16H2,(H,30,33,34). The number of nitrogens with one attached hydrogen (secondary N) is 1. The van der Waals surface area contributed by atoms with Gasteiger partial charge in [-0.05, 0) is 65.6 Å². The molecular weight excluding hydrogens is 458 g/mol. The van der Waals surface area contributed by atoms with Crippen LogP contribution in [0.5, 0.6) is 5.75 Å². The molecule has 9 nitrogen and oxygen atoms in total. The molecule has 6 rings (SSSR count). The van der Waals surface area contributed by atoms with E-state index >= 15 is 0 Å². The summed E-state index contributed by atoms with van der Waals surface area (Å²) in [5.41, 5.74) is 3.75. The first-order chi connectivity index (χ1) is 17.6. The SMILES string of the molecule is O=C1CCC(N2Cc3cc(OC4CN(C(c5ccncc5)c5ccncc5)C4)ccc3C2=O)C(=O)N1. The largest absolute Gasteiger partial charge is 0.488 e. The number of nitrogens with zero attached hydrogens (tertiary/aromatic N) is 4. The summed E-state index contributed by atoms with van der Waals surface area (Å²) in [6.07, 6.45) is 7.84. The third-order valence-electron chi connectivity index (χ3n) is 7.08. The van der Waals surface area contributed by atoms with Crippen LogP contribution in [-0.2, 0) is 16.1 Å². The fraction of sp³-hybridized carbons (Fsp3) is 0.296. The molecule has 1 unspecified atom stereocenters. The highest BCUT2D eigenvalue weighted by Crippen LogP contribution is 2.34. The number of likely N-dealkylation sites (tertiary alicyclic amines) is 1. The van der Waals surface area contributed by atoms with Gasteiger partial charge in [0.15, 0.2) is 0 Å². The number of aromatic nitrogens is 2. The van der Waals surface area contributed by atoms with Gasteiger partial charge in [0.2, 0.25) is 11.8 Å².